The molecule has 0 fully saturated rings. The Balaban J connectivity index is 2.78. The van der Waals surface area contributed by atoms with E-state index in [1.165, 1.54) is 14.2 Å². The van der Waals surface area contributed by atoms with Crippen molar-refractivity contribution in [3.05, 3.63) is 28.8 Å². The van der Waals surface area contributed by atoms with Gasteiger partial charge in [-0.05, 0) is 18.2 Å². The van der Waals surface area contributed by atoms with Gasteiger partial charge in [0, 0.05) is 5.56 Å². The molecule has 0 N–H and O–H groups in total. The summed E-state index contributed by atoms with van der Waals surface area (Å²) in [5, 5.41) is 0.529. The van der Waals surface area contributed by atoms with E-state index in [1.54, 1.807) is 18.2 Å². The molecule has 0 heterocycles. The van der Waals surface area contributed by atoms with Crippen LogP contribution in [0.25, 0.3) is 0 Å². The molecule has 0 aliphatic heterocycles. The maximum absolute atomic E-state index is 10.8. The van der Waals surface area contributed by atoms with Gasteiger partial charge in [0.15, 0.2) is 0 Å². The molecule has 84 valence electrons. The van der Waals surface area contributed by atoms with Crippen LogP contribution in [0.5, 0.6) is 5.75 Å². The van der Waals surface area contributed by atoms with Crippen LogP contribution in [-0.2, 0) is 9.53 Å². The number of benzene rings is 1. The Kier molecular flexibility index (Phi) is 4.68. The molecule has 0 bridgehead atoms. The molecule has 0 unspecified atom stereocenters. The molecule has 0 aliphatic rings. The first-order chi connectivity index (χ1) is 7.67. The molecule has 0 spiro atoms. The van der Waals surface area contributed by atoms with Gasteiger partial charge in [-0.1, -0.05) is 23.4 Å². The van der Waals surface area contributed by atoms with E-state index in [0.29, 0.717) is 10.8 Å². The number of ether oxygens (including phenoxy) is 2. The number of methoxy groups -OCH3 is 2. The smallest absolute Gasteiger partial charge is 0.317 e. The summed E-state index contributed by atoms with van der Waals surface area (Å²) in [4.78, 5) is 10.8. The second kappa shape index (κ2) is 6.04. The Hall–Kier alpha value is -1.66. The molecule has 0 aliphatic carbocycles. The Bertz CT molecular complexity index is 443. The number of esters is 1. The summed E-state index contributed by atoms with van der Waals surface area (Å²) in [7, 11) is 2.86. The molecular weight excluding hydrogens is 228 g/mol. The molecule has 0 saturated heterocycles. The number of hydrogen-bond acceptors (Lipinski definition) is 3. The zero-order valence-corrected chi connectivity index (χ0v) is 9.80. The summed E-state index contributed by atoms with van der Waals surface area (Å²) in [6, 6.07) is 5.17. The van der Waals surface area contributed by atoms with E-state index in [-0.39, 0.29) is 12.4 Å². The minimum Gasteiger partial charge on any atom is -0.495 e. The van der Waals surface area contributed by atoms with Crippen molar-refractivity contribution < 1.29 is 14.3 Å². The van der Waals surface area contributed by atoms with Gasteiger partial charge in [0.2, 0.25) is 0 Å². The van der Waals surface area contributed by atoms with Crippen LogP contribution in [0.15, 0.2) is 18.2 Å². The van der Waals surface area contributed by atoms with Crippen molar-refractivity contribution >= 4 is 17.6 Å². The molecule has 0 amide bonds. The van der Waals surface area contributed by atoms with Crippen LogP contribution in [0.2, 0.25) is 5.02 Å². The molecule has 16 heavy (non-hydrogen) atoms. The predicted octanol–water partition coefficient (Wildman–Crippen LogP) is 2.26. The molecule has 0 saturated carbocycles. The first kappa shape index (κ1) is 12.4. The van der Waals surface area contributed by atoms with Crippen molar-refractivity contribution in [3.8, 4) is 17.6 Å². The molecule has 0 atom stereocenters. The molecule has 0 aromatic heterocycles. The summed E-state index contributed by atoms with van der Waals surface area (Å²) in [6.45, 7) is 0. The first-order valence-electron chi connectivity index (χ1n) is 4.56. The zero-order valence-electron chi connectivity index (χ0n) is 9.04. The highest BCUT2D eigenvalue weighted by molar-refractivity contribution is 6.32. The Labute approximate surface area is 99.3 Å². The fourth-order valence-corrected chi connectivity index (χ4v) is 1.22. The van der Waals surface area contributed by atoms with Crippen molar-refractivity contribution in [3.63, 3.8) is 0 Å². The van der Waals surface area contributed by atoms with E-state index in [9.17, 15) is 4.79 Å². The van der Waals surface area contributed by atoms with Gasteiger partial charge in [-0.15, -0.1) is 0 Å². The minimum absolute atomic E-state index is 0.0709. The second-order valence-electron chi connectivity index (χ2n) is 2.90. The summed E-state index contributed by atoms with van der Waals surface area (Å²) < 4.78 is 9.51. The lowest BCUT2D eigenvalue weighted by Gasteiger charge is -2.01. The third kappa shape index (κ3) is 3.48. The van der Waals surface area contributed by atoms with Gasteiger partial charge in [0.05, 0.1) is 19.2 Å². The lowest BCUT2D eigenvalue weighted by molar-refractivity contribution is -0.139. The molecule has 0 radical (unpaired) electrons. The zero-order chi connectivity index (χ0) is 12.0. The van der Waals surface area contributed by atoms with Gasteiger partial charge in [0.1, 0.15) is 12.2 Å². The minimum atomic E-state index is -0.353. The highest BCUT2D eigenvalue weighted by atomic mass is 35.5. The standard InChI is InChI=1S/C12H11ClO3/c1-15-11-8-9(6-7-10(11)13)4-3-5-12(14)16-2/h6-8H,5H2,1-2H3. The van der Waals surface area contributed by atoms with E-state index < -0.39 is 0 Å². The lowest BCUT2D eigenvalue weighted by atomic mass is 10.2. The summed E-state index contributed by atoms with van der Waals surface area (Å²) in [5.41, 5.74) is 0.741. The third-order valence-electron chi connectivity index (χ3n) is 1.84. The largest absolute Gasteiger partial charge is 0.495 e. The van der Waals surface area contributed by atoms with Crippen molar-refractivity contribution in [1.29, 1.82) is 0 Å². The van der Waals surface area contributed by atoms with Gasteiger partial charge in [-0.3, -0.25) is 4.79 Å². The summed E-state index contributed by atoms with van der Waals surface area (Å²) >= 11 is 5.86. The van der Waals surface area contributed by atoms with E-state index in [0.717, 1.165) is 5.56 Å². The monoisotopic (exact) mass is 238 g/mol. The second-order valence-corrected chi connectivity index (χ2v) is 3.31. The van der Waals surface area contributed by atoms with Crippen LogP contribution < -0.4 is 4.74 Å². The number of carbonyl (C=O) groups excluding carboxylic acids is 1. The molecule has 1 aromatic carbocycles. The quantitative estimate of drug-likeness (QED) is 0.586. The normalized spacial score (nSPS) is 8.94. The average molecular weight is 239 g/mol. The summed E-state index contributed by atoms with van der Waals surface area (Å²) in [6.07, 6.45) is 0.0709. The van der Waals surface area contributed by atoms with Crippen LogP contribution in [0.4, 0.5) is 0 Å². The van der Waals surface area contributed by atoms with Gasteiger partial charge in [0.25, 0.3) is 0 Å². The molecule has 1 aromatic rings. The van der Waals surface area contributed by atoms with Crippen molar-refractivity contribution in [2.24, 2.45) is 0 Å². The van der Waals surface area contributed by atoms with E-state index >= 15 is 0 Å². The van der Waals surface area contributed by atoms with E-state index in [1.807, 2.05) is 0 Å². The molecule has 4 heteroatoms. The van der Waals surface area contributed by atoms with Crippen LogP contribution in [0.1, 0.15) is 12.0 Å². The maximum atomic E-state index is 10.8. The topological polar surface area (TPSA) is 35.5 Å². The van der Waals surface area contributed by atoms with Crippen LogP contribution in [-0.4, -0.2) is 20.2 Å². The first-order valence-corrected chi connectivity index (χ1v) is 4.94. The Morgan fingerprint density at radius 2 is 2.19 bits per heavy atom. The summed E-state index contributed by atoms with van der Waals surface area (Å²) in [5.74, 6) is 5.73. The lowest BCUT2D eigenvalue weighted by Crippen LogP contribution is -1.97. The third-order valence-corrected chi connectivity index (χ3v) is 2.16. The fourth-order valence-electron chi connectivity index (χ4n) is 1.03. The molecule has 1 rings (SSSR count). The van der Waals surface area contributed by atoms with Crippen LogP contribution in [0, 0.1) is 11.8 Å². The van der Waals surface area contributed by atoms with Crippen molar-refractivity contribution in [2.75, 3.05) is 14.2 Å². The van der Waals surface area contributed by atoms with Crippen LogP contribution in [0.3, 0.4) is 0 Å². The van der Waals surface area contributed by atoms with E-state index in [4.69, 9.17) is 16.3 Å². The number of carbonyl (C=O) groups is 1. The number of rotatable bonds is 2. The average Bonchev–Trinajstić information content (AvgIpc) is 2.31. The highest BCUT2D eigenvalue weighted by Crippen LogP contribution is 2.24. The van der Waals surface area contributed by atoms with Gasteiger partial charge in [-0.25, -0.2) is 0 Å². The maximum Gasteiger partial charge on any atom is 0.317 e. The van der Waals surface area contributed by atoms with Crippen molar-refractivity contribution in [2.45, 2.75) is 6.42 Å². The molecule has 3 nitrogen and oxygen atoms in total. The van der Waals surface area contributed by atoms with Crippen LogP contribution >= 0.6 is 11.6 Å². The predicted molar refractivity (Wildman–Crippen MR) is 61.5 cm³/mol. The highest BCUT2D eigenvalue weighted by Gasteiger charge is 2.00. The fraction of sp³-hybridized carbons (Fsp3) is 0.250. The number of hydrogen-bond donors (Lipinski definition) is 0. The van der Waals surface area contributed by atoms with Gasteiger partial charge < -0.3 is 9.47 Å². The molecular formula is C12H11ClO3. The SMILES string of the molecule is COC(=O)CC#Cc1ccc(Cl)c(OC)c1. The van der Waals surface area contributed by atoms with Gasteiger partial charge in [-0.2, -0.15) is 0 Å². The van der Waals surface area contributed by atoms with Crippen molar-refractivity contribution in [1.82, 2.24) is 0 Å². The Morgan fingerprint density at radius 3 is 2.81 bits per heavy atom. The van der Waals surface area contributed by atoms with Gasteiger partial charge >= 0.3 is 5.97 Å². The number of halogens is 1. The Morgan fingerprint density at radius 1 is 1.44 bits per heavy atom. The van der Waals surface area contributed by atoms with E-state index in [2.05, 4.69) is 16.6 Å².